The van der Waals surface area contributed by atoms with Gasteiger partial charge in [0.15, 0.2) is 17.3 Å². The van der Waals surface area contributed by atoms with Crippen molar-refractivity contribution in [1.82, 2.24) is 14.8 Å². The number of imide groups is 1. The molecule has 2 atom stereocenters. The molecule has 2 aliphatic rings. The highest BCUT2D eigenvalue weighted by atomic mass is 16.7. The van der Waals surface area contributed by atoms with E-state index in [1.807, 2.05) is 38.1 Å². The standard InChI is InChI=1S/C27H27N3O5/c1-16-12-21(18(3)30(16)17(2)19-8-6-5-7-9-19)22(31)14-29-25(32)27(4,28-26(29)33)20-10-11-23-24(13-20)35-15-34-23/h5-13,17H,14-15H2,1-4H3,(H,28,33)/t17-,27+/m1/s1. The Morgan fingerprint density at radius 1 is 1.06 bits per heavy atom. The van der Waals surface area contributed by atoms with Crippen LogP contribution in [0.4, 0.5) is 4.79 Å². The molecule has 1 saturated heterocycles. The molecule has 8 nitrogen and oxygen atoms in total. The van der Waals surface area contributed by atoms with Crippen LogP contribution < -0.4 is 14.8 Å². The number of hydrogen-bond donors (Lipinski definition) is 1. The fourth-order valence-corrected chi connectivity index (χ4v) is 5.01. The minimum Gasteiger partial charge on any atom is -0.454 e. The highest BCUT2D eigenvalue weighted by Gasteiger charge is 2.50. The lowest BCUT2D eigenvalue weighted by atomic mass is 9.91. The van der Waals surface area contributed by atoms with Gasteiger partial charge in [0.05, 0.1) is 12.6 Å². The number of fused-ring (bicyclic) bond motifs is 1. The predicted octanol–water partition coefficient (Wildman–Crippen LogP) is 4.09. The number of amides is 3. The average Bonchev–Trinajstić information content (AvgIpc) is 3.50. The summed E-state index contributed by atoms with van der Waals surface area (Å²) in [5, 5.41) is 2.75. The highest BCUT2D eigenvalue weighted by molar-refractivity contribution is 6.11. The molecule has 5 rings (SSSR count). The Bertz CT molecular complexity index is 1350. The fraction of sp³-hybridized carbons (Fsp3) is 0.296. The van der Waals surface area contributed by atoms with Gasteiger partial charge in [-0.25, -0.2) is 4.79 Å². The van der Waals surface area contributed by atoms with E-state index < -0.39 is 17.5 Å². The number of aryl methyl sites for hydroxylation is 1. The molecule has 0 spiro atoms. The molecule has 180 valence electrons. The van der Waals surface area contributed by atoms with Gasteiger partial charge in [-0.2, -0.15) is 0 Å². The van der Waals surface area contributed by atoms with Crippen molar-refractivity contribution in [3.63, 3.8) is 0 Å². The molecule has 3 amide bonds. The van der Waals surface area contributed by atoms with Crippen molar-refractivity contribution >= 4 is 17.7 Å². The number of aromatic nitrogens is 1. The maximum Gasteiger partial charge on any atom is 0.325 e. The normalized spacial score (nSPS) is 19.7. The number of ether oxygens (including phenoxy) is 2. The quantitative estimate of drug-likeness (QED) is 0.430. The highest BCUT2D eigenvalue weighted by Crippen LogP contribution is 2.38. The van der Waals surface area contributed by atoms with E-state index in [-0.39, 0.29) is 25.2 Å². The van der Waals surface area contributed by atoms with Gasteiger partial charge in [-0.1, -0.05) is 36.4 Å². The zero-order valence-corrected chi connectivity index (χ0v) is 20.1. The Labute approximate surface area is 203 Å². The topological polar surface area (TPSA) is 89.9 Å². The number of carbonyl (C=O) groups excluding carboxylic acids is 3. The zero-order valence-electron chi connectivity index (χ0n) is 20.1. The second-order valence-corrected chi connectivity index (χ2v) is 9.18. The third kappa shape index (κ3) is 3.65. The van der Waals surface area contributed by atoms with Gasteiger partial charge in [-0.05, 0) is 57.0 Å². The largest absolute Gasteiger partial charge is 0.454 e. The Hall–Kier alpha value is -4.07. The number of Topliss-reactive ketones (excluding diaryl/α,β-unsaturated/α-hetero) is 1. The third-order valence-electron chi connectivity index (χ3n) is 6.98. The molecule has 0 radical (unpaired) electrons. The van der Waals surface area contributed by atoms with Gasteiger partial charge in [0.1, 0.15) is 5.54 Å². The minimum atomic E-state index is -1.31. The summed E-state index contributed by atoms with van der Waals surface area (Å²) in [7, 11) is 0. The van der Waals surface area contributed by atoms with E-state index in [1.165, 1.54) is 0 Å². The average molecular weight is 474 g/mol. The molecule has 2 aliphatic heterocycles. The van der Waals surface area contributed by atoms with Crippen LogP contribution in [0.2, 0.25) is 0 Å². The summed E-state index contributed by atoms with van der Waals surface area (Å²) >= 11 is 0. The molecular weight excluding hydrogens is 446 g/mol. The number of ketones is 1. The first-order valence-electron chi connectivity index (χ1n) is 11.5. The number of rotatable bonds is 6. The number of carbonyl (C=O) groups is 3. The van der Waals surface area contributed by atoms with E-state index in [0.29, 0.717) is 22.6 Å². The maximum atomic E-state index is 13.4. The molecular formula is C27H27N3O5. The van der Waals surface area contributed by atoms with Gasteiger partial charge in [0.25, 0.3) is 5.91 Å². The van der Waals surface area contributed by atoms with Crippen LogP contribution in [0.3, 0.4) is 0 Å². The lowest BCUT2D eigenvalue weighted by Crippen LogP contribution is -2.41. The van der Waals surface area contributed by atoms with Crippen LogP contribution in [0, 0.1) is 13.8 Å². The monoisotopic (exact) mass is 473 g/mol. The molecule has 35 heavy (non-hydrogen) atoms. The van der Waals surface area contributed by atoms with Crippen LogP contribution in [0.25, 0.3) is 0 Å². The molecule has 1 aromatic heterocycles. The Balaban J connectivity index is 1.39. The van der Waals surface area contributed by atoms with E-state index >= 15 is 0 Å². The van der Waals surface area contributed by atoms with Gasteiger partial charge < -0.3 is 19.4 Å². The van der Waals surface area contributed by atoms with Crippen LogP contribution in [-0.2, 0) is 10.3 Å². The van der Waals surface area contributed by atoms with Gasteiger partial charge in [-0.15, -0.1) is 0 Å². The van der Waals surface area contributed by atoms with E-state index in [2.05, 4.69) is 28.9 Å². The first-order chi connectivity index (χ1) is 16.7. The second-order valence-electron chi connectivity index (χ2n) is 9.18. The van der Waals surface area contributed by atoms with Crippen molar-refractivity contribution in [1.29, 1.82) is 0 Å². The summed E-state index contributed by atoms with van der Waals surface area (Å²) in [6, 6.07) is 16.4. The predicted molar refractivity (Wildman–Crippen MR) is 129 cm³/mol. The van der Waals surface area contributed by atoms with Crippen molar-refractivity contribution in [2.45, 2.75) is 39.3 Å². The fourth-order valence-electron chi connectivity index (χ4n) is 5.01. The van der Waals surface area contributed by atoms with Gasteiger partial charge in [0, 0.05) is 17.0 Å². The lowest BCUT2D eigenvalue weighted by molar-refractivity contribution is -0.130. The van der Waals surface area contributed by atoms with E-state index in [1.54, 1.807) is 25.1 Å². The summed E-state index contributed by atoms with van der Waals surface area (Å²) in [6.45, 7) is 7.32. The Morgan fingerprint density at radius 2 is 1.77 bits per heavy atom. The maximum absolute atomic E-state index is 13.4. The molecule has 3 aromatic rings. The van der Waals surface area contributed by atoms with Gasteiger partial charge in [0.2, 0.25) is 6.79 Å². The van der Waals surface area contributed by atoms with Crippen molar-refractivity contribution < 1.29 is 23.9 Å². The van der Waals surface area contributed by atoms with Gasteiger partial charge >= 0.3 is 6.03 Å². The molecule has 1 N–H and O–H groups in total. The van der Waals surface area contributed by atoms with Crippen molar-refractivity contribution in [2.24, 2.45) is 0 Å². The summed E-state index contributed by atoms with van der Waals surface area (Å²) in [6.07, 6.45) is 0. The van der Waals surface area contributed by atoms with E-state index in [0.717, 1.165) is 21.9 Å². The molecule has 0 saturated carbocycles. The number of hydrogen-bond acceptors (Lipinski definition) is 5. The number of nitrogens with one attached hydrogen (secondary N) is 1. The molecule has 0 unspecified atom stereocenters. The third-order valence-corrected chi connectivity index (χ3v) is 6.98. The van der Waals surface area contributed by atoms with Crippen LogP contribution in [0.15, 0.2) is 54.6 Å². The van der Waals surface area contributed by atoms with Crippen molar-refractivity contribution in [2.75, 3.05) is 13.3 Å². The van der Waals surface area contributed by atoms with E-state index in [9.17, 15) is 14.4 Å². The number of nitrogens with zero attached hydrogens (tertiary/aromatic N) is 2. The molecule has 8 heteroatoms. The summed E-state index contributed by atoms with van der Waals surface area (Å²) < 4.78 is 12.9. The van der Waals surface area contributed by atoms with E-state index in [4.69, 9.17) is 9.47 Å². The van der Waals surface area contributed by atoms with Crippen LogP contribution in [-0.4, -0.2) is 40.5 Å². The first kappa shape index (κ1) is 22.7. The molecule has 1 fully saturated rings. The van der Waals surface area contributed by atoms with Crippen LogP contribution >= 0.6 is 0 Å². The van der Waals surface area contributed by atoms with Crippen molar-refractivity contribution in [3.8, 4) is 11.5 Å². The smallest absolute Gasteiger partial charge is 0.325 e. The molecule has 3 heterocycles. The SMILES string of the molecule is Cc1cc(C(=O)CN2C(=O)N[C@@](C)(c3ccc4c(c3)OCO4)C2=O)c(C)n1[C@H](C)c1ccccc1. The Kier molecular flexibility index (Phi) is 5.39. The number of benzene rings is 2. The molecule has 0 aliphatic carbocycles. The minimum absolute atomic E-state index is 0.0313. The van der Waals surface area contributed by atoms with Gasteiger partial charge in [-0.3, -0.25) is 14.5 Å². The summed E-state index contributed by atoms with van der Waals surface area (Å²) in [5.74, 6) is 0.325. The summed E-state index contributed by atoms with van der Waals surface area (Å²) in [5.41, 5.74) is 2.62. The second kappa shape index (κ2) is 8.30. The first-order valence-corrected chi connectivity index (χ1v) is 11.5. The zero-order chi connectivity index (χ0) is 24.9. The van der Waals surface area contributed by atoms with Crippen molar-refractivity contribution in [3.05, 3.63) is 82.7 Å². The van der Waals surface area contributed by atoms with Crippen LogP contribution in [0.1, 0.15) is 52.8 Å². The molecule has 2 aromatic carbocycles. The molecule has 0 bridgehead atoms. The summed E-state index contributed by atoms with van der Waals surface area (Å²) in [4.78, 5) is 40.5. The lowest BCUT2D eigenvalue weighted by Gasteiger charge is -2.22. The number of urea groups is 1. The van der Waals surface area contributed by atoms with Crippen LogP contribution in [0.5, 0.6) is 11.5 Å². The Morgan fingerprint density at radius 3 is 2.51 bits per heavy atom.